The van der Waals surface area contributed by atoms with Crippen molar-refractivity contribution in [1.82, 2.24) is 0 Å². The van der Waals surface area contributed by atoms with Crippen LogP contribution >= 0.6 is 0 Å². The van der Waals surface area contributed by atoms with Crippen LogP contribution in [0.3, 0.4) is 0 Å². The first-order valence-electron chi connectivity index (χ1n) is 4.87. The molecule has 14 heavy (non-hydrogen) atoms. The molecule has 1 rings (SSSR count). The van der Waals surface area contributed by atoms with Crippen LogP contribution in [0.5, 0.6) is 5.75 Å². The van der Waals surface area contributed by atoms with Gasteiger partial charge in [-0.2, -0.15) is 0 Å². The number of hydrogen-bond donors (Lipinski definition) is 0. The van der Waals surface area contributed by atoms with Crippen molar-refractivity contribution >= 4 is 0 Å². The van der Waals surface area contributed by atoms with Gasteiger partial charge in [0.25, 0.3) is 0 Å². The lowest BCUT2D eigenvalue weighted by Gasteiger charge is -2.07. The molecule has 0 saturated carbocycles. The standard InChI is InChI=1S/C13H16O/c1-4-5-6-9-14-13-8-7-11(2)12(3)10-13/h1,7-8,10H,5-6,9H2,2-3H3. The third kappa shape index (κ3) is 3.14. The van der Waals surface area contributed by atoms with Crippen LogP contribution < -0.4 is 4.74 Å². The van der Waals surface area contributed by atoms with E-state index >= 15 is 0 Å². The highest BCUT2D eigenvalue weighted by Crippen LogP contribution is 2.16. The fourth-order valence-corrected chi connectivity index (χ4v) is 1.17. The van der Waals surface area contributed by atoms with E-state index in [9.17, 15) is 0 Å². The summed E-state index contributed by atoms with van der Waals surface area (Å²) in [7, 11) is 0. The lowest BCUT2D eigenvalue weighted by Crippen LogP contribution is -1.97. The summed E-state index contributed by atoms with van der Waals surface area (Å²) in [6.07, 6.45) is 6.85. The fourth-order valence-electron chi connectivity index (χ4n) is 1.17. The molecule has 1 aromatic rings. The molecule has 74 valence electrons. The van der Waals surface area contributed by atoms with Crippen molar-refractivity contribution in [3.63, 3.8) is 0 Å². The summed E-state index contributed by atoms with van der Waals surface area (Å²) in [5.74, 6) is 3.53. The van der Waals surface area contributed by atoms with Crippen LogP contribution in [0.2, 0.25) is 0 Å². The second-order valence-electron chi connectivity index (χ2n) is 3.40. The quantitative estimate of drug-likeness (QED) is 0.521. The maximum absolute atomic E-state index is 5.55. The molecule has 0 saturated heterocycles. The molecule has 1 aromatic carbocycles. The van der Waals surface area contributed by atoms with E-state index in [1.807, 2.05) is 6.07 Å². The summed E-state index contributed by atoms with van der Waals surface area (Å²) in [6.45, 7) is 4.88. The number of terminal acetylenes is 1. The minimum Gasteiger partial charge on any atom is -0.494 e. The van der Waals surface area contributed by atoms with Gasteiger partial charge in [-0.05, 0) is 43.5 Å². The Morgan fingerprint density at radius 2 is 2.07 bits per heavy atom. The minimum absolute atomic E-state index is 0.701. The first kappa shape index (κ1) is 10.7. The highest BCUT2D eigenvalue weighted by atomic mass is 16.5. The van der Waals surface area contributed by atoms with Gasteiger partial charge < -0.3 is 4.74 Å². The average Bonchev–Trinajstić information content (AvgIpc) is 2.18. The van der Waals surface area contributed by atoms with Gasteiger partial charge in [-0.25, -0.2) is 0 Å². The smallest absolute Gasteiger partial charge is 0.119 e. The van der Waals surface area contributed by atoms with Crippen molar-refractivity contribution in [1.29, 1.82) is 0 Å². The lowest BCUT2D eigenvalue weighted by atomic mass is 10.1. The maximum atomic E-state index is 5.55. The van der Waals surface area contributed by atoms with Crippen molar-refractivity contribution in [3.05, 3.63) is 29.3 Å². The van der Waals surface area contributed by atoms with E-state index in [1.54, 1.807) is 0 Å². The summed E-state index contributed by atoms with van der Waals surface area (Å²) < 4.78 is 5.55. The topological polar surface area (TPSA) is 9.23 Å². The second kappa shape index (κ2) is 5.34. The summed E-state index contributed by atoms with van der Waals surface area (Å²) in [4.78, 5) is 0. The molecule has 0 unspecified atom stereocenters. The molecule has 1 nitrogen and oxygen atoms in total. The van der Waals surface area contributed by atoms with Crippen molar-refractivity contribution < 1.29 is 4.74 Å². The monoisotopic (exact) mass is 188 g/mol. The number of ether oxygens (including phenoxy) is 1. The zero-order valence-corrected chi connectivity index (χ0v) is 8.84. The Hall–Kier alpha value is -1.42. The van der Waals surface area contributed by atoms with E-state index in [4.69, 9.17) is 11.2 Å². The lowest BCUT2D eigenvalue weighted by molar-refractivity contribution is 0.312. The van der Waals surface area contributed by atoms with Crippen molar-refractivity contribution in [2.45, 2.75) is 26.7 Å². The summed E-state index contributed by atoms with van der Waals surface area (Å²) in [6, 6.07) is 6.13. The molecule has 0 atom stereocenters. The van der Waals surface area contributed by atoms with Gasteiger partial charge in [-0.3, -0.25) is 0 Å². The van der Waals surface area contributed by atoms with Crippen LogP contribution in [-0.4, -0.2) is 6.61 Å². The number of hydrogen-bond acceptors (Lipinski definition) is 1. The molecule has 0 radical (unpaired) electrons. The van der Waals surface area contributed by atoms with Crippen LogP contribution in [0.15, 0.2) is 18.2 Å². The van der Waals surface area contributed by atoms with Crippen LogP contribution in [0.4, 0.5) is 0 Å². The molecule has 0 aliphatic heterocycles. The van der Waals surface area contributed by atoms with Crippen molar-refractivity contribution in [2.75, 3.05) is 6.61 Å². The van der Waals surface area contributed by atoms with E-state index < -0.39 is 0 Å². The zero-order valence-electron chi connectivity index (χ0n) is 8.84. The van der Waals surface area contributed by atoms with Gasteiger partial charge >= 0.3 is 0 Å². The number of benzene rings is 1. The highest BCUT2D eigenvalue weighted by Gasteiger charge is 1.96. The molecule has 0 N–H and O–H groups in total. The Morgan fingerprint density at radius 1 is 1.29 bits per heavy atom. The predicted molar refractivity (Wildman–Crippen MR) is 59.5 cm³/mol. The SMILES string of the molecule is C#CCCCOc1ccc(C)c(C)c1. The van der Waals surface area contributed by atoms with E-state index in [1.165, 1.54) is 11.1 Å². The van der Waals surface area contributed by atoms with Crippen LogP contribution in [0, 0.1) is 26.2 Å². The van der Waals surface area contributed by atoms with Crippen LogP contribution in [0.1, 0.15) is 24.0 Å². The van der Waals surface area contributed by atoms with Gasteiger partial charge in [-0.1, -0.05) is 6.07 Å². The molecule has 0 amide bonds. The molecule has 1 heteroatoms. The molecular weight excluding hydrogens is 172 g/mol. The minimum atomic E-state index is 0.701. The molecular formula is C13H16O. The molecule has 0 aliphatic rings. The molecule has 0 bridgehead atoms. The van der Waals surface area contributed by atoms with Gasteiger partial charge in [0, 0.05) is 6.42 Å². The van der Waals surface area contributed by atoms with Gasteiger partial charge in [-0.15, -0.1) is 12.3 Å². The van der Waals surface area contributed by atoms with Gasteiger partial charge in [0.05, 0.1) is 6.61 Å². The van der Waals surface area contributed by atoms with Crippen molar-refractivity contribution in [3.8, 4) is 18.1 Å². The largest absolute Gasteiger partial charge is 0.494 e. The molecule has 0 heterocycles. The Kier molecular flexibility index (Phi) is 4.07. The van der Waals surface area contributed by atoms with Gasteiger partial charge in [0.15, 0.2) is 0 Å². The summed E-state index contributed by atoms with van der Waals surface area (Å²) in [5, 5.41) is 0. The Labute approximate surface area is 86.1 Å². The number of rotatable bonds is 4. The first-order chi connectivity index (χ1) is 6.74. The summed E-state index contributed by atoms with van der Waals surface area (Å²) >= 11 is 0. The molecule has 0 aromatic heterocycles. The maximum Gasteiger partial charge on any atom is 0.119 e. The zero-order chi connectivity index (χ0) is 10.4. The average molecular weight is 188 g/mol. The fraction of sp³-hybridized carbons (Fsp3) is 0.385. The first-order valence-corrected chi connectivity index (χ1v) is 4.87. The van der Waals surface area contributed by atoms with E-state index in [0.29, 0.717) is 6.61 Å². The Bertz CT molecular complexity index is 334. The number of unbranched alkanes of at least 4 members (excludes halogenated alkanes) is 1. The third-order valence-corrected chi connectivity index (χ3v) is 2.21. The second-order valence-corrected chi connectivity index (χ2v) is 3.40. The van der Waals surface area contributed by atoms with Gasteiger partial charge in [0.2, 0.25) is 0 Å². The van der Waals surface area contributed by atoms with Crippen LogP contribution in [-0.2, 0) is 0 Å². The normalized spacial score (nSPS) is 9.50. The van der Waals surface area contributed by atoms with E-state index in [-0.39, 0.29) is 0 Å². The van der Waals surface area contributed by atoms with E-state index in [0.717, 1.165) is 18.6 Å². The Morgan fingerprint density at radius 3 is 2.71 bits per heavy atom. The number of aryl methyl sites for hydroxylation is 2. The predicted octanol–water partition coefficient (Wildman–Crippen LogP) is 3.10. The van der Waals surface area contributed by atoms with Crippen molar-refractivity contribution in [2.24, 2.45) is 0 Å². The van der Waals surface area contributed by atoms with Crippen LogP contribution in [0.25, 0.3) is 0 Å². The third-order valence-electron chi connectivity index (χ3n) is 2.21. The summed E-state index contributed by atoms with van der Waals surface area (Å²) in [5.41, 5.74) is 2.56. The Balaban J connectivity index is 2.44. The van der Waals surface area contributed by atoms with Gasteiger partial charge in [0.1, 0.15) is 5.75 Å². The molecule has 0 aliphatic carbocycles. The molecule has 0 fully saturated rings. The van der Waals surface area contributed by atoms with E-state index in [2.05, 4.69) is 31.9 Å². The highest BCUT2D eigenvalue weighted by molar-refractivity contribution is 5.33. The molecule has 0 spiro atoms.